The first-order valence-corrected chi connectivity index (χ1v) is 5.94. The summed E-state index contributed by atoms with van der Waals surface area (Å²) in [6.07, 6.45) is 0. The second kappa shape index (κ2) is 5.50. The van der Waals surface area contributed by atoms with Gasteiger partial charge in [-0.1, -0.05) is 47.5 Å². The first-order valence-electron chi connectivity index (χ1n) is 5.94. The van der Waals surface area contributed by atoms with Crippen LogP contribution in [0.15, 0.2) is 48.5 Å². The maximum atomic E-state index is 11.9. The Labute approximate surface area is 107 Å². The topological polar surface area (TPSA) is 26.3 Å². The van der Waals surface area contributed by atoms with Gasteiger partial charge in [-0.05, 0) is 31.5 Å². The maximum Gasteiger partial charge on any atom is 0.338 e. The van der Waals surface area contributed by atoms with Gasteiger partial charge >= 0.3 is 5.97 Å². The summed E-state index contributed by atoms with van der Waals surface area (Å²) in [6, 6.07) is 15.4. The van der Waals surface area contributed by atoms with Crippen molar-refractivity contribution in [3.05, 3.63) is 70.8 Å². The fourth-order valence-electron chi connectivity index (χ4n) is 1.90. The Morgan fingerprint density at radius 3 is 2.22 bits per heavy atom. The molecule has 0 heterocycles. The molecule has 0 bridgehead atoms. The van der Waals surface area contributed by atoms with Gasteiger partial charge in [-0.2, -0.15) is 0 Å². The van der Waals surface area contributed by atoms with E-state index in [0.29, 0.717) is 12.2 Å². The molecule has 92 valence electrons. The molecule has 0 radical (unpaired) electrons. The average Bonchev–Trinajstić information content (AvgIpc) is 2.36. The summed E-state index contributed by atoms with van der Waals surface area (Å²) in [5.74, 6) is -0.273. The fourth-order valence-corrected chi connectivity index (χ4v) is 1.90. The van der Waals surface area contributed by atoms with Gasteiger partial charge < -0.3 is 4.74 Å². The summed E-state index contributed by atoms with van der Waals surface area (Å²) in [5, 5.41) is 0. The van der Waals surface area contributed by atoms with E-state index < -0.39 is 0 Å². The second-order valence-electron chi connectivity index (χ2n) is 4.44. The van der Waals surface area contributed by atoms with Crippen molar-refractivity contribution in [1.29, 1.82) is 0 Å². The summed E-state index contributed by atoms with van der Waals surface area (Å²) in [4.78, 5) is 11.9. The van der Waals surface area contributed by atoms with Gasteiger partial charge in [0.2, 0.25) is 0 Å². The van der Waals surface area contributed by atoms with Gasteiger partial charge in [0.25, 0.3) is 0 Å². The van der Waals surface area contributed by atoms with Gasteiger partial charge in [0, 0.05) is 0 Å². The van der Waals surface area contributed by atoms with Crippen molar-refractivity contribution in [2.75, 3.05) is 0 Å². The molecule has 0 spiro atoms. The zero-order valence-electron chi connectivity index (χ0n) is 10.6. The van der Waals surface area contributed by atoms with Crippen molar-refractivity contribution >= 4 is 5.97 Å². The smallest absolute Gasteiger partial charge is 0.338 e. The van der Waals surface area contributed by atoms with Gasteiger partial charge in [-0.25, -0.2) is 4.79 Å². The van der Waals surface area contributed by atoms with Crippen LogP contribution in [0.3, 0.4) is 0 Å². The van der Waals surface area contributed by atoms with E-state index in [1.807, 2.05) is 62.4 Å². The number of carbonyl (C=O) groups excluding carboxylic acids is 1. The van der Waals surface area contributed by atoms with Crippen LogP contribution >= 0.6 is 0 Å². The maximum absolute atomic E-state index is 11.9. The molecule has 2 nitrogen and oxygen atoms in total. The van der Waals surface area contributed by atoms with Crippen molar-refractivity contribution in [1.82, 2.24) is 0 Å². The lowest BCUT2D eigenvalue weighted by Gasteiger charge is -2.06. The largest absolute Gasteiger partial charge is 0.457 e. The molecule has 0 amide bonds. The number of hydrogen-bond acceptors (Lipinski definition) is 2. The van der Waals surface area contributed by atoms with Gasteiger partial charge in [0.05, 0.1) is 5.56 Å². The number of aryl methyl sites for hydroxylation is 2. The van der Waals surface area contributed by atoms with Crippen LogP contribution in [0, 0.1) is 13.8 Å². The average molecular weight is 240 g/mol. The van der Waals surface area contributed by atoms with Crippen molar-refractivity contribution in [3.8, 4) is 0 Å². The number of carbonyl (C=O) groups is 1. The minimum atomic E-state index is -0.273. The third-order valence-electron chi connectivity index (χ3n) is 2.67. The molecule has 0 N–H and O–H groups in total. The molecule has 0 saturated heterocycles. The van der Waals surface area contributed by atoms with Crippen molar-refractivity contribution in [2.24, 2.45) is 0 Å². The Morgan fingerprint density at radius 2 is 1.61 bits per heavy atom. The molecule has 0 atom stereocenters. The van der Waals surface area contributed by atoms with Crippen LogP contribution in [-0.4, -0.2) is 5.97 Å². The van der Waals surface area contributed by atoms with Gasteiger partial charge in [0.15, 0.2) is 0 Å². The van der Waals surface area contributed by atoms with Gasteiger partial charge in [-0.15, -0.1) is 0 Å². The summed E-state index contributed by atoms with van der Waals surface area (Å²) in [5.41, 5.74) is 3.75. The van der Waals surface area contributed by atoms with E-state index >= 15 is 0 Å². The van der Waals surface area contributed by atoms with Gasteiger partial charge in [-0.3, -0.25) is 0 Å². The van der Waals surface area contributed by atoms with E-state index in [4.69, 9.17) is 4.74 Å². The zero-order chi connectivity index (χ0) is 13.0. The van der Waals surface area contributed by atoms with Crippen LogP contribution in [0.5, 0.6) is 0 Å². The van der Waals surface area contributed by atoms with Crippen LogP contribution in [0.4, 0.5) is 0 Å². The molecule has 0 aromatic heterocycles. The summed E-state index contributed by atoms with van der Waals surface area (Å²) >= 11 is 0. The molecular formula is C16H16O2. The first-order chi connectivity index (χ1) is 8.65. The van der Waals surface area contributed by atoms with Crippen LogP contribution in [0.2, 0.25) is 0 Å². The number of hydrogen-bond donors (Lipinski definition) is 0. The van der Waals surface area contributed by atoms with Crippen LogP contribution in [-0.2, 0) is 11.3 Å². The molecule has 0 aliphatic heterocycles. The second-order valence-corrected chi connectivity index (χ2v) is 4.44. The Hall–Kier alpha value is -2.09. The Morgan fingerprint density at radius 1 is 1.00 bits per heavy atom. The lowest BCUT2D eigenvalue weighted by molar-refractivity contribution is 0.0472. The number of rotatable bonds is 3. The molecule has 0 aliphatic rings. The summed E-state index contributed by atoms with van der Waals surface area (Å²) in [6.45, 7) is 4.26. The van der Waals surface area contributed by atoms with E-state index in [-0.39, 0.29) is 5.97 Å². The standard InChI is InChI=1S/C16H16O2/c1-12-8-13(2)10-15(9-12)16(17)18-11-14-6-4-3-5-7-14/h3-10H,11H2,1-2H3. The number of ether oxygens (including phenoxy) is 1. The highest BCUT2D eigenvalue weighted by Gasteiger charge is 2.08. The molecule has 2 rings (SSSR count). The lowest BCUT2D eigenvalue weighted by Crippen LogP contribution is -2.05. The molecule has 0 unspecified atom stereocenters. The molecule has 2 aromatic carbocycles. The monoisotopic (exact) mass is 240 g/mol. The van der Waals surface area contributed by atoms with Gasteiger partial charge in [0.1, 0.15) is 6.61 Å². The van der Waals surface area contributed by atoms with E-state index in [9.17, 15) is 4.79 Å². The first kappa shape index (κ1) is 12.4. The minimum Gasteiger partial charge on any atom is -0.457 e. The fraction of sp³-hybridized carbons (Fsp3) is 0.188. The molecular weight excluding hydrogens is 224 g/mol. The zero-order valence-corrected chi connectivity index (χ0v) is 10.6. The predicted octanol–water partition coefficient (Wildman–Crippen LogP) is 3.66. The predicted molar refractivity (Wildman–Crippen MR) is 71.5 cm³/mol. The Kier molecular flexibility index (Phi) is 3.78. The third kappa shape index (κ3) is 3.20. The Bertz CT molecular complexity index is 524. The highest BCUT2D eigenvalue weighted by Crippen LogP contribution is 2.11. The SMILES string of the molecule is Cc1cc(C)cc(C(=O)OCc2ccccc2)c1. The molecule has 0 saturated carbocycles. The minimum absolute atomic E-state index is 0.273. The molecule has 18 heavy (non-hydrogen) atoms. The quantitative estimate of drug-likeness (QED) is 0.765. The number of esters is 1. The molecule has 0 fully saturated rings. The van der Waals surface area contributed by atoms with Crippen molar-refractivity contribution < 1.29 is 9.53 Å². The highest BCUT2D eigenvalue weighted by atomic mass is 16.5. The molecule has 0 aliphatic carbocycles. The highest BCUT2D eigenvalue weighted by molar-refractivity contribution is 5.89. The normalized spacial score (nSPS) is 10.1. The van der Waals surface area contributed by atoms with E-state index in [1.165, 1.54) is 0 Å². The number of benzene rings is 2. The molecule has 2 aromatic rings. The van der Waals surface area contributed by atoms with Crippen LogP contribution < -0.4 is 0 Å². The Balaban J connectivity index is 2.04. The summed E-state index contributed by atoms with van der Waals surface area (Å²) < 4.78 is 5.29. The van der Waals surface area contributed by atoms with E-state index in [1.54, 1.807) is 0 Å². The van der Waals surface area contributed by atoms with Crippen molar-refractivity contribution in [2.45, 2.75) is 20.5 Å². The van der Waals surface area contributed by atoms with Crippen LogP contribution in [0.25, 0.3) is 0 Å². The third-order valence-corrected chi connectivity index (χ3v) is 2.67. The lowest BCUT2D eigenvalue weighted by atomic mass is 10.1. The molecule has 2 heteroatoms. The summed E-state index contributed by atoms with van der Waals surface area (Å²) in [7, 11) is 0. The van der Waals surface area contributed by atoms with Crippen LogP contribution in [0.1, 0.15) is 27.0 Å². The van der Waals surface area contributed by atoms with E-state index in [0.717, 1.165) is 16.7 Å². The van der Waals surface area contributed by atoms with Crippen molar-refractivity contribution in [3.63, 3.8) is 0 Å². The van der Waals surface area contributed by atoms with E-state index in [2.05, 4.69) is 0 Å².